The third-order valence-electron chi connectivity index (χ3n) is 3.65. The summed E-state index contributed by atoms with van der Waals surface area (Å²) in [4.78, 5) is 2.27. The number of nitrogens with zero attached hydrogens (tertiary/aromatic N) is 1. The predicted molar refractivity (Wildman–Crippen MR) is 52.3 cm³/mol. The van der Waals surface area contributed by atoms with Gasteiger partial charge in [0.15, 0.2) is 0 Å². The average molecular weight is 201 g/mol. The summed E-state index contributed by atoms with van der Waals surface area (Å²) in [5, 5.41) is 0. The van der Waals surface area contributed by atoms with Crippen LogP contribution in [0, 0.1) is 0 Å². The van der Waals surface area contributed by atoms with E-state index in [9.17, 15) is 8.78 Å². The summed E-state index contributed by atoms with van der Waals surface area (Å²) in [6, 6.07) is 0. The van der Waals surface area contributed by atoms with Gasteiger partial charge in [0.25, 0.3) is 6.08 Å². The van der Waals surface area contributed by atoms with Crippen LogP contribution in [-0.2, 0) is 0 Å². The summed E-state index contributed by atoms with van der Waals surface area (Å²) in [7, 11) is 0. The normalized spacial score (nSPS) is 32.4. The highest BCUT2D eigenvalue weighted by molar-refractivity contribution is 5.20. The van der Waals surface area contributed by atoms with Gasteiger partial charge in [-0.05, 0) is 32.2 Å². The molecule has 2 saturated heterocycles. The molecule has 0 N–H and O–H groups in total. The molecule has 2 fully saturated rings. The van der Waals surface area contributed by atoms with Gasteiger partial charge >= 0.3 is 0 Å². The van der Waals surface area contributed by atoms with Crippen LogP contribution < -0.4 is 0 Å². The third kappa shape index (κ3) is 1.48. The Balaban J connectivity index is 2.19. The minimum absolute atomic E-state index is 0.105. The molecule has 2 aliphatic heterocycles. The Morgan fingerprint density at radius 1 is 1.50 bits per heavy atom. The van der Waals surface area contributed by atoms with Crippen LogP contribution in [0.25, 0.3) is 0 Å². The SMILES string of the molecule is CCCC12CCCN1CC(=C(F)F)C2. The number of hydrogen-bond acceptors (Lipinski definition) is 1. The highest BCUT2D eigenvalue weighted by Crippen LogP contribution is 2.45. The van der Waals surface area contributed by atoms with Crippen LogP contribution in [0.3, 0.4) is 0 Å². The minimum atomic E-state index is -1.44. The van der Waals surface area contributed by atoms with Crippen molar-refractivity contribution >= 4 is 0 Å². The van der Waals surface area contributed by atoms with E-state index in [1.807, 2.05) is 0 Å². The standard InChI is InChI=1S/C11H17F2N/c1-2-4-11-5-3-6-14(11)8-9(7-11)10(12)13/h2-8H2,1H3. The molecule has 0 spiro atoms. The van der Waals surface area contributed by atoms with E-state index >= 15 is 0 Å². The summed E-state index contributed by atoms with van der Waals surface area (Å²) >= 11 is 0. The second-order valence-corrected chi connectivity index (χ2v) is 4.54. The molecule has 0 aliphatic carbocycles. The van der Waals surface area contributed by atoms with Gasteiger partial charge < -0.3 is 0 Å². The summed E-state index contributed by atoms with van der Waals surface area (Å²) in [5.74, 6) is 0. The lowest BCUT2D eigenvalue weighted by molar-refractivity contribution is 0.181. The Bertz CT molecular complexity index is 258. The van der Waals surface area contributed by atoms with Crippen molar-refractivity contribution in [3.05, 3.63) is 11.7 Å². The van der Waals surface area contributed by atoms with E-state index in [-0.39, 0.29) is 5.54 Å². The fourth-order valence-electron chi connectivity index (χ4n) is 3.09. The van der Waals surface area contributed by atoms with Crippen LogP contribution in [0.1, 0.15) is 39.0 Å². The quantitative estimate of drug-likeness (QED) is 0.663. The molecular formula is C11H17F2N. The summed E-state index contributed by atoms with van der Waals surface area (Å²) in [6.07, 6.45) is 3.64. The third-order valence-corrected chi connectivity index (χ3v) is 3.65. The molecule has 1 atom stereocenters. The molecule has 0 amide bonds. The maximum atomic E-state index is 12.5. The molecule has 3 heteroatoms. The van der Waals surface area contributed by atoms with Crippen molar-refractivity contribution in [3.63, 3.8) is 0 Å². The highest BCUT2D eigenvalue weighted by Gasteiger charge is 2.46. The van der Waals surface area contributed by atoms with Gasteiger partial charge in [0, 0.05) is 17.7 Å². The average Bonchev–Trinajstić information content (AvgIpc) is 2.60. The monoisotopic (exact) mass is 201 g/mol. The van der Waals surface area contributed by atoms with E-state index in [4.69, 9.17) is 0 Å². The summed E-state index contributed by atoms with van der Waals surface area (Å²) in [5.41, 5.74) is 0.492. The molecule has 0 saturated carbocycles. The number of rotatable bonds is 2. The Kier molecular flexibility index (Phi) is 2.60. The van der Waals surface area contributed by atoms with Crippen molar-refractivity contribution in [2.45, 2.75) is 44.6 Å². The lowest BCUT2D eigenvalue weighted by atomic mass is 9.88. The Hall–Kier alpha value is -0.440. The first-order chi connectivity index (χ1) is 6.68. The van der Waals surface area contributed by atoms with E-state index < -0.39 is 6.08 Å². The minimum Gasteiger partial charge on any atom is -0.293 e. The van der Waals surface area contributed by atoms with Gasteiger partial charge in [0.05, 0.1) is 0 Å². The van der Waals surface area contributed by atoms with Gasteiger partial charge in [-0.1, -0.05) is 13.3 Å². The van der Waals surface area contributed by atoms with Crippen molar-refractivity contribution < 1.29 is 8.78 Å². The number of halogens is 2. The fraction of sp³-hybridized carbons (Fsp3) is 0.818. The lowest BCUT2D eigenvalue weighted by Crippen LogP contribution is -2.37. The van der Waals surface area contributed by atoms with Crippen LogP contribution >= 0.6 is 0 Å². The van der Waals surface area contributed by atoms with E-state index in [1.165, 1.54) is 6.42 Å². The molecule has 0 bridgehead atoms. The van der Waals surface area contributed by atoms with Crippen molar-refractivity contribution in [3.8, 4) is 0 Å². The Labute approximate surface area is 83.8 Å². The molecule has 80 valence electrons. The van der Waals surface area contributed by atoms with Crippen LogP contribution in [0.5, 0.6) is 0 Å². The number of hydrogen-bond donors (Lipinski definition) is 0. The molecule has 2 aliphatic rings. The van der Waals surface area contributed by atoms with Crippen LogP contribution in [0.15, 0.2) is 11.7 Å². The molecular weight excluding hydrogens is 184 g/mol. The summed E-state index contributed by atoms with van der Waals surface area (Å²) < 4.78 is 25.0. The van der Waals surface area contributed by atoms with Crippen molar-refractivity contribution in [2.24, 2.45) is 0 Å². The predicted octanol–water partition coefficient (Wildman–Crippen LogP) is 3.18. The van der Waals surface area contributed by atoms with Gasteiger partial charge in [-0.3, -0.25) is 4.90 Å². The van der Waals surface area contributed by atoms with Crippen molar-refractivity contribution in [2.75, 3.05) is 13.1 Å². The molecule has 0 aromatic rings. The van der Waals surface area contributed by atoms with E-state index in [0.29, 0.717) is 18.5 Å². The Morgan fingerprint density at radius 3 is 2.93 bits per heavy atom. The summed E-state index contributed by atoms with van der Waals surface area (Å²) in [6.45, 7) is 3.66. The zero-order valence-corrected chi connectivity index (χ0v) is 8.65. The van der Waals surface area contributed by atoms with Crippen molar-refractivity contribution in [1.82, 2.24) is 4.90 Å². The van der Waals surface area contributed by atoms with Crippen molar-refractivity contribution in [1.29, 1.82) is 0 Å². The zero-order chi connectivity index (χ0) is 10.2. The number of fused-ring (bicyclic) bond motifs is 1. The first kappa shape index (κ1) is 10.1. The molecule has 2 heterocycles. The molecule has 1 unspecified atom stereocenters. The van der Waals surface area contributed by atoms with Gasteiger partial charge in [-0.25, -0.2) is 0 Å². The van der Waals surface area contributed by atoms with Gasteiger partial charge in [-0.15, -0.1) is 0 Å². The lowest BCUT2D eigenvalue weighted by Gasteiger charge is -2.31. The fourth-order valence-corrected chi connectivity index (χ4v) is 3.09. The molecule has 2 rings (SSSR count). The molecule has 0 radical (unpaired) electrons. The first-order valence-corrected chi connectivity index (χ1v) is 5.46. The van der Waals surface area contributed by atoms with E-state index in [2.05, 4.69) is 11.8 Å². The van der Waals surface area contributed by atoms with Gasteiger partial charge in [-0.2, -0.15) is 8.78 Å². The second kappa shape index (κ2) is 3.61. The van der Waals surface area contributed by atoms with Gasteiger partial charge in [0.1, 0.15) is 0 Å². The van der Waals surface area contributed by atoms with Gasteiger partial charge in [0.2, 0.25) is 0 Å². The highest BCUT2D eigenvalue weighted by atomic mass is 19.3. The molecule has 0 aromatic heterocycles. The zero-order valence-electron chi connectivity index (χ0n) is 8.65. The second-order valence-electron chi connectivity index (χ2n) is 4.54. The Morgan fingerprint density at radius 2 is 2.29 bits per heavy atom. The topological polar surface area (TPSA) is 3.24 Å². The smallest absolute Gasteiger partial charge is 0.270 e. The van der Waals surface area contributed by atoms with Crippen LogP contribution in [0.2, 0.25) is 0 Å². The molecule has 1 nitrogen and oxygen atoms in total. The molecule has 0 aromatic carbocycles. The molecule has 14 heavy (non-hydrogen) atoms. The largest absolute Gasteiger partial charge is 0.293 e. The maximum Gasteiger partial charge on any atom is 0.270 e. The van der Waals surface area contributed by atoms with Crippen LogP contribution in [0.4, 0.5) is 8.78 Å². The van der Waals surface area contributed by atoms with Crippen LogP contribution in [-0.4, -0.2) is 23.5 Å². The van der Waals surface area contributed by atoms with E-state index in [0.717, 1.165) is 25.8 Å². The maximum absolute atomic E-state index is 12.5. The first-order valence-electron chi connectivity index (χ1n) is 5.46. The van der Waals surface area contributed by atoms with E-state index in [1.54, 1.807) is 0 Å².